The Balaban J connectivity index is 3.04. The number of hydrogen-bond donors (Lipinski definition) is 2. The van der Waals surface area contributed by atoms with Crippen molar-refractivity contribution in [3.8, 4) is 0 Å². The Morgan fingerprint density at radius 1 is 1.41 bits per heavy atom. The molecule has 0 unspecified atom stereocenters. The monoisotopic (exact) mass is 235 g/mol. The maximum Gasteiger partial charge on any atom is 0.236 e. The molecular formula is C13H21N3O. The molecule has 1 aromatic carbocycles. The Kier molecular flexibility index (Phi) is 4.97. The van der Waals surface area contributed by atoms with Crippen LogP contribution in [0.5, 0.6) is 0 Å². The molecule has 0 atom stereocenters. The molecule has 94 valence electrons. The molecule has 0 saturated carbocycles. The van der Waals surface area contributed by atoms with E-state index in [4.69, 9.17) is 5.73 Å². The van der Waals surface area contributed by atoms with E-state index in [2.05, 4.69) is 25.2 Å². The van der Waals surface area contributed by atoms with Crippen LogP contribution in [-0.2, 0) is 11.3 Å². The fourth-order valence-corrected chi connectivity index (χ4v) is 1.84. The molecule has 17 heavy (non-hydrogen) atoms. The van der Waals surface area contributed by atoms with Crippen molar-refractivity contribution in [2.45, 2.75) is 26.4 Å². The van der Waals surface area contributed by atoms with Gasteiger partial charge in [-0.25, -0.2) is 0 Å². The molecule has 1 rings (SSSR count). The lowest BCUT2D eigenvalue weighted by molar-refractivity contribution is -0.116. The third kappa shape index (κ3) is 3.75. The molecule has 0 saturated heterocycles. The predicted molar refractivity (Wildman–Crippen MR) is 70.9 cm³/mol. The van der Waals surface area contributed by atoms with Gasteiger partial charge in [0.1, 0.15) is 0 Å². The van der Waals surface area contributed by atoms with Crippen molar-refractivity contribution >= 4 is 11.6 Å². The first kappa shape index (κ1) is 13.5. The van der Waals surface area contributed by atoms with Gasteiger partial charge in [0, 0.05) is 18.3 Å². The zero-order valence-corrected chi connectivity index (χ0v) is 10.7. The molecule has 0 aromatic heterocycles. The summed E-state index contributed by atoms with van der Waals surface area (Å²) in [5.41, 5.74) is 7.53. The van der Waals surface area contributed by atoms with Crippen molar-refractivity contribution in [2.24, 2.45) is 5.73 Å². The van der Waals surface area contributed by atoms with Crippen molar-refractivity contribution in [3.63, 3.8) is 0 Å². The number of para-hydroxylation sites is 1. The molecule has 1 amide bonds. The van der Waals surface area contributed by atoms with Gasteiger partial charge in [-0.1, -0.05) is 18.2 Å². The van der Waals surface area contributed by atoms with Crippen LogP contribution >= 0.6 is 0 Å². The number of primary amides is 1. The van der Waals surface area contributed by atoms with Gasteiger partial charge in [-0.2, -0.15) is 0 Å². The highest BCUT2D eigenvalue weighted by Gasteiger charge is 2.15. The highest BCUT2D eigenvalue weighted by atomic mass is 16.1. The summed E-state index contributed by atoms with van der Waals surface area (Å²) in [5, 5.41) is 3.13. The van der Waals surface area contributed by atoms with E-state index in [0.29, 0.717) is 0 Å². The fourth-order valence-electron chi connectivity index (χ4n) is 1.84. The number of hydrogen-bond acceptors (Lipinski definition) is 3. The van der Waals surface area contributed by atoms with Crippen LogP contribution in [0, 0.1) is 0 Å². The number of amides is 1. The normalized spacial score (nSPS) is 10.6. The molecule has 0 aliphatic rings. The first-order chi connectivity index (χ1) is 8.06. The number of nitrogens with zero attached hydrogens (tertiary/aromatic N) is 1. The minimum atomic E-state index is -0.307. The third-order valence-corrected chi connectivity index (χ3v) is 2.62. The van der Waals surface area contributed by atoms with Gasteiger partial charge in [-0.15, -0.1) is 0 Å². The first-order valence-electron chi connectivity index (χ1n) is 5.83. The van der Waals surface area contributed by atoms with Crippen molar-refractivity contribution in [2.75, 3.05) is 18.5 Å². The topological polar surface area (TPSA) is 58.4 Å². The van der Waals surface area contributed by atoms with Gasteiger partial charge in [0.2, 0.25) is 5.91 Å². The quantitative estimate of drug-likeness (QED) is 0.776. The van der Waals surface area contributed by atoms with Crippen LogP contribution in [0.25, 0.3) is 0 Å². The highest BCUT2D eigenvalue weighted by Crippen LogP contribution is 2.22. The van der Waals surface area contributed by atoms with Gasteiger partial charge < -0.3 is 16.0 Å². The van der Waals surface area contributed by atoms with Crippen LogP contribution in [0.3, 0.4) is 0 Å². The molecule has 4 nitrogen and oxygen atoms in total. The highest BCUT2D eigenvalue weighted by molar-refractivity contribution is 5.80. The summed E-state index contributed by atoms with van der Waals surface area (Å²) in [4.78, 5) is 13.1. The molecule has 0 heterocycles. The van der Waals surface area contributed by atoms with E-state index < -0.39 is 0 Å². The van der Waals surface area contributed by atoms with Crippen molar-refractivity contribution < 1.29 is 4.79 Å². The lowest BCUT2D eigenvalue weighted by Crippen LogP contribution is -2.39. The van der Waals surface area contributed by atoms with E-state index in [1.807, 2.05) is 30.1 Å². The SMILES string of the molecule is CNCc1ccccc1N(CC(N)=O)C(C)C. The number of nitrogens with one attached hydrogen (secondary N) is 1. The predicted octanol–water partition coefficient (Wildman–Crippen LogP) is 1.11. The van der Waals surface area contributed by atoms with Gasteiger partial charge in [0.05, 0.1) is 6.54 Å². The first-order valence-corrected chi connectivity index (χ1v) is 5.83. The number of rotatable bonds is 6. The van der Waals surface area contributed by atoms with E-state index in [0.717, 1.165) is 12.2 Å². The lowest BCUT2D eigenvalue weighted by Gasteiger charge is -2.29. The Hall–Kier alpha value is -1.55. The van der Waals surface area contributed by atoms with Crippen LogP contribution in [0.1, 0.15) is 19.4 Å². The number of benzene rings is 1. The van der Waals surface area contributed by atoms with E-state index in [-0.39, 0.29) is 18.5 Å². The number of nitrogens with two attached hydrogens (primary N) is 1. The average Bonchev–Trinajstić information content (AvgIpc) is 2.27. The van der Waals surface area contributed by atoms with Gasteiger partial charge in [0.25, 0.3) is 0 Å². The number of carbonyl (C=O) groups is 1. The molecule has 1 aromatic rings. The second-order valence-corrected chi connectivity index (χ2v) is 4.35. The largest absolute Gasteiger partial charge is 0.368 e. The third-order valence-electron chi connectivity index (χ3n) is 2.62. The number of carbonyl (C=O) groups excluding carboxylic acids is 1. The Labute approximate surface area is 103 Å². The van der Waals surface area contributed by atoms with E-state index in [1.165, 1.54) is 5.56 Å². The summed E-state index contributed by atoms with van der Waals surface area (Å²) in [6, 6.07) is 8.29. The smallest absolute Gasteiger partial charge is 0.236 e. The summed E-state index contributed by atoms with van der Waals surface area (Å²) >= 11 is 0. The second kappa shape index (κ2) is 6.25. The van der Waals surface area contributed by atoms with Crippen molar-refractivity contribution in [3.05, 3.63) is 29.8 Å². The van der Waals surface area contributed by atoms with Crippen molar-refractivity contribution in [1.29, 1.82) is 0 Å². The van der Waals surface area contributed by atoms with E-state index >= 15 is 0 Å². The maximum absolute atomic E-state index is 11.1. The molecule has 4 heteroatoms. The summed E-state index contributed by atoms with van der Waals surface area (Å²) in [6.45, 7) is 5.13. The molecule has 0 spiro atoms. The molecule has 0 fully saturated rings. The Morgan fingerprint density at radius 2 is 2.06 bits per heavy atom. The van der Waals surface area contributed by atoms with Crippen LogP contribution < -0.4 is 16.0 Å². The van der Waals surface area contributed by atoms with Crippen molar-refractivity contribution in [1.82, 2.24) is 5.32 Å². The molecule has 0 aliphatic heterocycles. The minimum absolute atomic E-state index is 0.237. The summed E-state index contributed by atoms with van der Waals surface area (Å²) in [7, 11) is 1.91. The summed E-state index contributed by atoms with van der Waals surface area (Å²) < 4.78 is 0. The van der Waals surface area contributed by atoms with Crippen LogP contribution in [0.15, 0.2) is 24.3 Å². The second-order valence-electron chi connectivity index (χ2n) is 4.35. The van der Waals surface area contributed by atoms with E-state index in [1.54, 1.807) is 0 Å². The van der Waals surface area contributed by atoms with E-state index in [9.17, 15) is 4.79 Å². The van der Waals surface area contributed by atoms with Gasteiger partial charge in [-0.05, 0) is 32.5 Å². The number of anilines is 1. The molecule has 0 bridgehead atoms. The van der Waals surface area contributed by atoms with Crippen LogP contribution in [-0.4, -0.2) is 25.5 Å². The zero-order chi connectivity index (χ0) is 12.8. The molecular weight excluding hydrogens is 214 g/mol. The fraction of sp³-hybridized carbons (Fsp3) is 0.462. The van der Waals surface area contributed by atoms with Gasteiger partial charge >= 0.3 is 0 Å². The molecule has 3 N–H and O–H groups in total. The van der Waals surface area contributed by atoms with Gasteiger partial charge in [-0.3, -0.25) is 4.79 Å². The summed E-state index contributed by atoms with van der Waals surface area (Å²) in [5.74, 6) is -0.307. The van der Waals surface area contributed by atoms with Crippen LogP contribution in [0.2, 0.25) is 0 Å². The zero-order valence-electron chi connectivity index (χ0n) is 10.7. The standard InChI is InChI=1S/C13H21N3O/c1-10(2)16(9-13(14)17)12-7-5-4-6-11(12)8-15-3/h4-7,10,15H,8-9H2,1-3H3,(H2,14,17). The minimum Gasteiger partial charge on any atom is -0.368 e. The summed E-state index contributed by atoms with van der Waals surface area (Å²) in [6.07, 6.45) is 0. The Morgan fingerprint density at radius 3 is 2.59 bits per heavy atom. The molecule has 0 aliphatic carbocycles. The van der Waals surface area contributed by atoms with Gasteiger partial charge in [0.15, 0.2) is 0 Å². The van der Waals surface area contributed by atoms with Crippen LogP contribution in [0.4, 0.5) is 5.69 Å². The average molecular weight is 235 g/mol. The Bertz CT molecular complexity index is 377. The lowest BCUT2D eigenvalue weighted by atomic mass is 10.1. The maximum atomic E-state index is 11.1. The molecule has 0 radical (unpaired) electrons.